The highest BCUT2D eigenvalue weighted by Gasteiger charge is 2.30. The molecule has 16 heavy (non-hydrogen) atoms. The van der Waals surface area contributed by atoms with Gasteiger partial charge in [0.15, 0.2) is 0 Å². The van der Waals surface area contributed by atoms with Crippen LogP contribution in [0.3, 0.4) is 0 Å². The molecule has 1 heterocycles. The third-order valence-corrected chi connectivity index (χ3v) is 3.75. The van der Waals surface area contributed by atoms with E-state index >= 15 is 0 Å². The van der Waals surface area contributed by atoms with Gasteiger partial charge in [-0.1, -0.05) is 18.2 Å². The van der Waals surface area contributed by atoms with Crippen LogP contribution in [0.1, 0.15) is 6.42 Å². The van der Waals surface area contributed by atoms with Gasteiger partial charge in [-0.2, -0.15) is 5.10 Å². The molecule has 1 aromatic rings. The van der Waals surface area contributed by atoms with E-state index in [1.165, 1.54) is 18.3 Å². The zero-order chi connectivity index (χ0) is 11.6. The van der Waals surface area contributed by atoms with Crippen molar-refractivity contribution in [1.29, 1.82) is 0 Å². The van der Waals surface area contributed by atoms with Crippen molar-refractivity contribution in [2.45, 2.75) is 11.3 Å². The monoisotopic (exact) mass is 238 g/mol. The van der Waals surface area contributed by atoms with Gasteiger partial charge in [-0.25, -0.2) is 13.4 Å². The lowest BCUT2D eigenvalue weighted by Crippen LogP contribution is -2.29. The summed E-state index contributed by atoms with van der Waals surface area (Å²) in [7, 11) is -3.95. The second-order valence-corrected chi connectivity index (χ2v) is 5.12. The number of carbonyl (C=O) groups is 1. The molecule has 0 N–H and O–H groups in total. The molecular weight excluding hydrogens is 228 g/mol. The Bertz CT molecular complexity index is 522. The number of hydrogen-bond donors (Lipinski definition) is 0. The predicted octanol–water partition coefficient (Wildman–Crippen LogP) is 1.27. The Kier molecular flexibility index (Phi) is 2.74. The average molecular weight is 238 g/mol. The molecule has 0 fully saturated rings. The Hall–Kier alpha value is -1.69. The van der Waals surface area contributed by atoms with E-state index in [2.05, 4.69) is 5.10 Å². The summed E-state index contributed by atoms with van der Waals surface area (Å²) in [5.74, 6) is 0. The summed E-state index contributed by atoms with van der Waals surface area (Å²) in [6, 6.07) is 7.64. The summed E-state index contributed by atoms with van der Waals surface area (Å²) in [5.41, 5.74) is 0. The Morgan fingerprint density at radius 2 is 1.94 bits per heavy atom. The van der Waals surface area contributed by atoms with Crippen molar-refractivity contribution >= 4 is 21.3 Å². The van der Waals surface area contributed by atoms with Gasteiger partial charge in [0.1, 0.15) is 0 Å². The minimum atomic E-state index is -3.95. The van der Waals surface area contributed by atoms with E-state index in [1.807, 2.05) is 0 Å². The van der Waals surface area contributed by atoms with Gasteiger partial charge in [0.2, 0.25) is 0 Å². The van der Waals surface area contributed by atoms with Crippen molar-refractivity contribution in [2.24, 2.45) is 5.10 Å². The molecule has 6 heteroatoms. The molecule has 0 unspecified atom stereocenters. The first kappa shape index (κ1) is 10.8. The van der Waals surface area contributed by atoms with Gasteiger partial charge in [0, 0.05) is 12.6 Å². The van der Waals surface area contributed by atoms with E-state index in [-0.39, 0.29) is 4.90 Å². The second-order valence-electron chi connectivity index (χ2n) is 3.29. The van der Waals surface area contributed by atoms with Crippen LogP contribution in [0.15, 0.2) is 40.3 Å². The Morgan fingerprint density at radius 1 is 1.25 bits per heavy atom. The predicted molar refractivity (Wildman–Crippen MR) is 58.8 cm³/mol. The van der Waals surface area contributed by atoms with E-state index in [1.54, 1.807) is 18.2 Å². The molecule has 0 radical (unpaired) electrons. The third kappa shape index (κ3) is 1.83. The quantitative estimate of drug-likeness (QED) is 0.740. The van der Waals surface area contributed by atoms with Crippen molar-refractivity contribution in [1.82, 2.24) is 5.01 Å². The fourth-order valence-electron chi connectivity index (χ4n) is 1.37. The van der Waals surface area contributed by atoms with Gasteiger partial charge in [0.05, 0.1) is 11.4 Å². The van der Waals surface area contributed by atoms with Crippen LogP contribution in [0.5, 0.6) is 0 Å². The molecule has 0 spiro atoms. The number of nitrogens with zero attached hydrogens (tertiary/aromatic N) is 2. The summed E-state index contributed by atoms with van der Waals surface area (Å²) in [6.07, 6.45) is 2.12. The van der Waals surface area contributed by atoms with Crippen molar-refractivity contribution in [3.05, 3.63) is 30.3 Å². The molecule has 0 atom stereocenters. The Balaban J connectivity index is 2.33. The van der Waals surface area contributed by atoms with Gasteiger partial charge in [0.25, 0.3) is 9.84 Å². The van der Waals surface area contributed by atoms with Gasteiger partial charge >= 0.3 is 5.24 Å². The minimum absolute atomic E-state index is 0.00194. The standard InChI is InChI=1S/C10H10N2O3S/c13-10(12-8-4-7-11-12)16(14,15)9-5-2-1-3-6-9/h1-3,5-7H,4,8H2. The summed E-state index contributed by atoms with van der Waals surface area (Å²) >= 11 is 0. The fraction of sp³-hybridized carbons (Fsp3) is 0.200. The lowest BCUT2D eigenvalue weighted by molar-refractivity contribution is 0.227. The maximum Gasteiger partial charge on any atom is 0.363 e. The molecule has 0 saturated heterocycles. The molecule has 5 nitrogen and oxygen atoms in total. The average Bonchev–Trinajstić information content (AvgIpc) is 2.82. The normalized spacial score (nSPS) is 15.4. The molecule has 0 saturated carbocycles. The largest absolute Gasteiger partial charge is 0.363 e. The first-order chi connectivity index (χ1) is 7.62. The second kappa shape index (κ2) is 4.05. The molecule has 1 amide bonds. The zero-order valence-corrected chi connectivity index (χ0v) is 9.22. The lowest BCUT2D eigenvalue weighted by atomic mass is 10.4. The van der Waals surface area contributed by atoms with E-state index in [9.17, 15) is 13.2 Å². The minimum Gasteiger partial charge on any atom is -0.254 e. The smallest absolute Gasteiger partial charge is 0.254 e. The van der Waals surface area contributed by atoms with Crippen LogP contribution in [0, 0.1) is 0 Å². The molecule has 1 aromatic carbocycles. The molecule has 84 valence electrons. The number of hydrogen-bond acceptors (Lipinski definition) is 4. The van der Waals surface area contributed by atoms with Gasteiger partial charge < -0.3 is 0 Å². The Labute approximate surface area is 93.3 Å². The maximum atomic E-state index is 11.9. The SMILES string of the molecule is O=C(N1CCC=N1)S(=O)(=O)c1ccccc1. The van der Waals surface area contributed by atoms with Crippen molar-refractivity contribution < 1.29 is 13.2 Å². The van der Waals surface area contributed by atoms with Crippen LogP contribution in [0.4, 0.5) is 4.79 Å². The van der Waals surface area contributed by atoms with Gasteiger partial charge in [-0.3, -0.25) is 4.79 Å². The zero-order valence-electron chi connectivity index (χ0n) is 8.41. The molecule has 1 aliphatic heterocycles. The van der Waals surface area contributed by atoms with Gasteiger partial charge in [-0.05, 0) is 12.1 Å². The summed E-state index contributed by atoms with van der Waals surface area (Å²) in [5, 5.41) is 3.72. The van der Waals surface area contributed by atoms with E-state index in [0.717, 1.165) is 5.01 Å². The first-order valence-corrected chi connectivity index (χ1v) is 6.25. The number of carbonyl (C=O) groups excluding carboxylic acids is 1. The van der Waals surface area contributed by atoms with Crippen LogP contribution in [0.2, 0.25) is 0 Å². The fourth-order valence-corrected chi connectivity index (χ4v) is 2.50. The van der Waals surface area contributed by atoms with E-state index in [4.69, 9.17) is 0 Å². The molecule has 0 bridgehead atoms. The number of amides is 1. The van der Waals surface area contributed by atoms with Crippen molar-refractivity contribution in [3.8, 4) is 0 Å². The molecule has 0 aliphatic carbocycles. The van der Waals surface area contributed by atoms with Crippen molar-refractivity contribution in [2.75, 3.05) is 6.54 Å². The molecule has 1 aliphatic rings. The first-order valence-electron chi connectivity index (χ1n) is 4.76. The molecular formula is C10H10N2O3S. The highest BCUT2D eigenvalue weighted by molar-refractivity contribution is 8.06. The number of hydrazone groups is 1. The summed E-state index contributed by atoms with van der Waals surface area (Å²) in [4.78, 5) is 11.7. The summed E-state index contributed by atoms with van der Waals surface area (Å²) in [6.45, 7) is 0.324. The van der Waals surface area contributed by atoms with Crippen LogP contribution in [-0.4, -0.2) is 31.4 Å². The maximum absolute atomic E-state index is 11.9. The van der Waals surface area contributed by atoms with Crippen molar-refractivity contribution in [3.63, 3.8) is 0 Å². The number of rotatable bonds is 1. The van der Waals surface area contributed by atoms with Crippen LogP contribution < -0.4 is 0 Å². The highest BCUT2D eigenvalue weighted by atomic mass is 32.2. The van der Waals surface area contributed by atoms with Gasteiger partial charge in [-0.15, -0.1) is 0 Å². The lowest BCUT2D eigenvalue weighted by Gasteiger charge is -2.11. The summed E-state index contributed by atoms with van der Waals surface area (Å²) < 4.78 is 23.7. The van der Waals surface area contributed by atoms with Crippen LogP contribution >= 0.6 is 0 Å². The van der Waals surface area contributed by atoms with E-state index in [0.29, 0.717) is 13.0 Å². The highest BCUT2D eigenvalue weighted by Crippen LogP contribution is 2.15. The topological polar surface area (TPSA) is 66.8 Å². The third-order valence-electron chi connectivity index (χ3n) is 2.19. The molecule has 0 aromatic heterocycles. The Morgan fingerprint density at radius 3 is 2.50 bits per heavy atom. The van der Waals surface area contributed by atoms with E-state index < -0.39 is 15.1 Å². The van der Waals surface area contributed by atoms with Crippen LogP contribution in [-0.2, 0) is 9.84 Å². The molecule has 2 rings (SSSR count). The number of sulfone groups is 1. The van der Waals surface area contributed by atoms with Crippen LogP contribution in [0.25, 0.3) is 0 Å². The number of benzene rings is 1.